The van der Waals surface area contributed by atoms with Gasteiger partial charge in [0.15, 0.2) is 11.3 Å². The van der Waals surface area contributed by atoms with E-state index in [9.17, 15) is 9.59 Å². The van der Waals surface area contributed by atoms with Gasteiger partial charge in [0.05, 0.1) is 22.5 Å². The van der Waals surface area contributed by atoms with Crippen LogP contribution in [0.2, 0.25) is 0 Å². The first-order chi connectivity index (χ1) is 17.3. The smallest absolute Gasteiger partial charge is 0.340 e. The molecule has 5 rings (SSSR count). The number of carbonyl (C=O) groups excluding carboxylic acids is 2. The van der Waals surface area contributed by atoms with E-state index in [4.69, 9.17) is 9.47 Å². The highest BCUT2D eigenvalue weighted by Gasteiger charge is 2.15. The number of aromatic nitrogens is 6. The molecule has 10 nitrogen and oxygen atoms in total. The van der Waals surface area contributed by atoms with E-state index in [1.54, 1.807) is 21.5 Å². The first-order valence-electron chi connectivity index (χ1n) is 11.3. The van der Waals surface area contributed by atoms with E-state index >= 15 is 0 Å². The second-order valence-electron chi connectivity index (χ2n) is 8.58. The molecule has 182 valence electrons. The minimum Gasteiger partial charge on any atom is -0.457 e. The van der Waals surface area contributed by atoms with Crippen LogP contribution in [-0.4, -0.2) is 41.5 Å². The minimum absolute atomic E-state index is 0.0750. The summed E-state index contributed by atoms with van der Waals surface area (Å²) in [6.45, 7) is 3.88. The van der Waals surface area contributed by atoms with Gasteiger partial charge in [0.2, 0.25) is 0 Å². The second-order valence-corrected chi connectivity index (χ2v) is 8.58. The largest absolute Gasteiger partial charge is 0.457 e. The molecule has 4 heterocycles. The lowest BCUT2D eigenvalue weighted by Gasteiger charge is -2.08. The van der Waals surface area contributed by atoms with E-state index in [1.165, 1.54) is 12.4 Å². The lowest BCUT2D eigenvalue weighted by atomic mass is 10.1. The zero-order valence-electron chi connectivity index (χ0n) is 20.3. The van der Waals surface area contributed by atoms with E-state index in [1.807, 2.05) is 52.2 Å². The molecule has 0 aliphatic carbocycles. The van der Waals surface area contributed by atoms with Gasteiger partial charge in [-0.25, -0.2) is 19.6 Å². The Balaban J connectivity index is 1.21. The molecule has 0 aliphatic rings. The zero-order valence-corrected chi connectivity index (χ0v) is 20.3. The van der Waals surface area contributed by atoms with Crippen LogP contribution in [-0.2, 0) is 36.8 Å². The van der Waals surface area contributed by atoms with Crippen molar-refractivity contribution in [1.29, 1.82) is 0 Å². The topological polar surface area (TPSA) is 114 Å². The van der Waals surface area contributed by atoms with Crippen molar-refractivity contribution in [3.8, 4) is 0 Å². The lowest BCUT2D eigenvalue weighted by Crippen LogP contribution is -2.07. The van der Waals surface area contributed by atoms with Gasteiger partial charge in [-0.05, 0) is 43.2 Å². The maximum absolute atomic E-state index is 12.6. The highest BCUT2D eigenvalue weighted by Crippen LogP contribution is 2.19. The molecule has 0 spiro atoms. The van der Waals surface area contributed by atoms with Gasteiger partial charge in [-0.2, -0.15) is 10.2 Å². The first-order valence-corrected chi connectivity index (χ1v) is 11.3. The van der Waals surface area contributed by atoms with Gasteiger partial charge >= 0.3 is 11.9 Å². The van der Waals surface area contributed by atoms with Crippen LogP contribution >= 0.6 is 0 Å². The molecular formula is C26H24N6O4. The number of carbonyl (C=O) groups is 2. The van der Waals surface area contributed by atoms with Gasteiger partial charge in [0, 0.05) is 37.3 Å². The minimum atomic E-state index is -0.474. The Labute approximate surface area is 206 Å². The monoisotopic (exact) mass is 484 g/mol. The molecule has 0 fully saturated rings. The fraction of sp³-hybridized carbons (Fsp3) is 0.231. The molecule has 0 saturated heterocycles. The molecule has 0 atom stereocenters. The summed E-state index contributed by atoms with van der Waals surface area (Å²) in [5.41, 5.74) is 5.27. The van der Waals surface area contributed by atoms with Crippen molar-refractivity contribution in [2.45, 2.75) is 27.1 Å². The van der Waals surface area contributed by atoms with E-state index in [-0.39, 0.29) is 13.2 Å². The summed E-state index contributed by atoms with van der Waals surface area (Å²) in [6.07, 6.45) is 2.97. The van der Waals surface area contributed by atoms with Gasteiger partial charge < -0.3 is 9.47 Å². The zero-order chi connectivity index (χ0) is 25.4. The van der Waals surface area contributed by atoms with E-state index in [2.05, 4.69) is 20.2 Å². The maximum Gasteiger partial charge on any atom is 0.340 e. The molecule has 0 radical (unpaired) electrons. The van der Waals surface area contributed by atoms with Gasteiger partial charge in [-0.15, -0.1) is 0 Å². The summed E-state index contributed by atoms with van der Waals surface area (Å²) in [5, 5.41) is 10.3. The Bertz CT molecular complexity index is 1520. The number of hydrogen-bond acceptors (Lipinski definition) is 8. The average molecular weight is 485 g/mol. The number of hydrogen-bond donors (Lipinski definition) is 0. The predicted octanol–water partition coefficient (Wildman–Crippen LogP) is 3.58. The predicted molar refractivity (Wildman–Crippen MR) is 131 cm³/mol. The van der Waals surface area contributed by atoms with Gasteiger partial charge in [-0.1, -0.05) is 18.2 Å². The third-order valence-corrected chi connectivity index (χ3v) is 5.93. The van der Waals surface area contributed by atoms with Crippen molar-refractivity contribution in [1.82, 2.24) is 29.5 Å². The van der Waals surface area contributed by atoms with E-state index in [0.717, 1.165) is 33.3 Å². The Morgan fingerprint density at radius 3 is 1.64 bits per heavy atom. The first kappa shape index (κ1) is 23.2. The summed E-state index contributed by atoms with van der Waals surface area (Å²) in [6, 6.07) is 10.8. The second kappa shape index (κ2) is 9.21. The molecule has 0 bridgehead atoms. The van der Waals surface area contributed by atoms with Gasteiger partial charge in [-0.3, -0.25) is 9.36 Å². The number of ether oxygens (including phenoxy) is 2. The number of pyridine rings is 2. The molecule has 1 aromatic carbocycles. The quantitative estimate of drug-likeness (QED) is 0.336. The van der Waals surface area contributed by atoms with Crippen molar-refractivity contribution in [2.24, 2.45) is 14.1 Å². The molecule has 0 aliphatic heterocycles. The number of benzene rings is 1. The number of esters is 2. The third kappa shape index (κ3) is 4.40. The number of aryl methyl sites for hydroxylation is 4. The van der Waals surface area contributed by atoms with Crippen LogP contribution in [0.4, 0.5) is 0 Å². The van der Waals surface area contributed by atoms with Crippen molar-refractivity contribution in [3.05, 3.63) is 82.4 Å². The Morgan fingerprint density at radius 2 is 1.19 bits per heavy atom. The summed E-state index contributed by atoms with van der Waals surface area (Å²) in [5.74, 6) is -0.948. The molecule has 10 heteroatoms. The number of nitrogens with zero attached hydrogens (tertiary/aromatic N) is 6. The Kier molecular flexibility index (Phi) is 5.93. The third-order valence-electron chi connectivity index (χ3n) is 5.93. The van der Waals surface area contributed by atoms with Crippen LogP contribution in [0.15, 0.2) is 48.8 Å². The van der Waals surface area contributed by atoms with Crippen molar-refractivity contribution in [3.63, 3.8) is 0 Å². The van der Waals surface area contributed by atoms with Crippen LogP contribution in [0.5, 0.6) is 0 Å². The highest BCUT2D eigenvalue weighted by molar-refractivity contribution is 5.94. The summed E-state index contributed by atoms with van der Waals surface area (Å²) in [7, 11) is 3.61. The summed E-state index contributed by atoms with van der Waals surface area (Å²) >= 11 is 0. The molecule has 5 aromatic rings. The Hall–Kier alpha value is -4.60. The highest BCUT2D eigenvalue weighted by atomic mass is 16.5. The van der Waals surface area contributed by atoms with Crippen molar-refractivity contribution in [2.75, 3.05) is 0 Å². The molecule has 36 heavy (non-hydrogen) atoms. The summed E-state index contributed by atoms with van der Waals surface area (Å²) < 4.78 is 14.3. The van der Waals surface area contributed by atoms with Crippen LogP contribution in [0, 0.1) is 13.8 Å². The lowest BCUT2D eigenvalue weighted by molar-refractivity contribution is 0.0471. The molecule has 0 amide bonds. The molecular weight excluding hydrogens is 460 g/mol. The SMILES string of the molecule is Cc1nn(C)c2ncc(C(=O)OCc3cccc(COC(=O)c4cnc5c(c4)c(C)nn5C)c3)cc12. The maximum atomic E-state index is 12.6. The van der Waals surface area contributed by atoms with E-state index in [0.29, 0.717) is 22.4 Å². The average Bonchev–Trinajstić information content (AvgIpc) is 3.34. The molecule has 0 N–H and O–H groups in total. The molecule has 0 saturated carbocycles. The molecule has 0 unspecified atom stereocenters. The van der Waals surface area contributed by atoms with Gasteiger partial charge in [0.1, 0.15) is 13.2 Å². The normalized spacial score (nSPS) is 11.2. The van der Waals surface area contributed by atoms with Crippen molar-refractivity contribution < 1.29 is 19.1 Å². The fourth-order valence-electron chi connectivity index (χ4n) is 4.11. The summed E-state index contributed by atoms with van der Waals surface area (Å²) in [4.78, 5) is 33.8. The molecule has 4 aromatic heterocycles. The van der Waals surface area contributed by atoms with Crippen molar-refractivity contribution >= 4 is 34.0 Å². The number of rotatable bonds is 6. The van der Waals surface area contributed by atoms with E-state index < -0.39 is 11.9 Å². The van der Waals surface area contributed by atoms with Crippen LogP contribution in [0.3, 0.4) is 0 Å². The Morgan fingerprint density at radius 1 is 0.750 bits per heavy atom. The fourth-order valence-corrected chi connectivity index (χ4v) is 4.11. The van der Waals surface area contributed by atoms with Crippen LogP contribution in [0.1, 0.15) is 43.2 Å². The number of fused-ring (bicyclic) bond motifs is 2. The van der Waals surface area contributed by atoms with Crippen LogP contribution in [0.25, 0.3) is 22.1 Å². The van der Waals surface area contributed by atoms with Gasteiger partial charge in [0.25, 0.3) is 0 Å². The standard InChI is InChI=1S/C26H24N6O4/c1-15-21-9-19(11-27-23(21)31(3)29-15)25(33)35-13-17-6-5-7-18(8-17)14-36-26(34)20-10-22-16(2)30-32(4)24(22)28-12-20/h5-12H,13-14H2,1-4H3. The van der Waals surface area contributed by atoms with Crippen LogP contribution < -0.4 is 0 Å².